The number of rotatable bonds is 3. The summed E-state index contributed by atoms with van der Waals surface area (Å²) in [5.41, 5.74) is 7.87. The highest BCUT2D eigenvalue weighted by Gasteiger charge is 2.27. The van der Waals surface area contributed by atoms with E-state index in [2.05, 4.69) is 37.1 Å². The van der Waals surface area contributed by atoms with E-state index in [4.69, 9.17) is 17.3 Å². The number of nitrogens with zero attached hydrogens (tertiary/aromatic N) is 5. The number of nitrogens with one attached hydrogen (secondary N) is 1. The molecule has 3 heterocycles. The lowest BCUT2D eigenvalue weighted by atomic mass is 9.91. The van der Waals surface area contributed by atoms with Gasteiger partial charge in [0, 0.05) is 24.3 Å². The van der Waals surface area contributed by atoms with Crippen LogP contribution in [0.15, 0.2) is 30.7 Å². The first kappa shape index (κ1) is 17.8. The molecule has 1 aliphatic heterocycles. The van der Waals surface area contributed by atoms with Crippen molar-refractivity contribution in [2.24, 2.45) is 5.73 Å². The largest absolute Gasteiger partial charge is 0.341 e. The number of hydrogen-bond donors (Lipinski definition) is 2. The van der Waals surface area contributed by atoms with Crippen LogP contribution in [-0.4, -0.2) is 38.6 Å². The molecule has 3 aromatic rings. The van der Waals surface area contributed by atoms with Gasteiger partial charge >= 0.3 is 0 Å². The maximum Gasteiger partial charge on any atom is 0.226 e. The summed E-state index contributed by atoms with van der Waals surface area (Å²) in [6.45, 7) is 3.65. The van der Waals surface area contributed by atoms with Crippen LogP contribution in [0, 0.1) is 5.82 Å². The van der Waals surface area contributed by atoms with E-state index in [9.17, 15) is 4.39 Å². The normalized spacial score (nSPS) is 16.5. The zero-order valence-corrected chi connectivity index (χ0v) is 15.5. The molecule has 140 valence electrons. The lowest BCUT2D eigenvalue weighted by Gasteiger charge is -2.36. The average Bonchev–Trinajstić information content (AvgIpc) is 2.65. The van der Waals surface area contributed by atoms with E-state index < -0.39 is 5.82 Å². The van der Waals surface area contributed by atoms with Crippen molar-refractivity contribution in [1.82, 2.24) is 19.9 Å². The predicted molar refractivity (Wildman–Crippen MR) is 104 cm³/mol. The van der Waals surface area contributed by atoms with Gasteiger partial charge in [-0.25, -0.2) is 24.3 Å². The van der Waals surface area contributed by atoms with Gasteiger partial charge in [0.15, 0.2) is 5.82 Å². The van der Waals surface area contributed by atoms with E-state index in [0.717, 1.165) is 25.9 Å². The van der Waals surface area contributed by atoms with Gasteiger partial charge in [0.05, 0.1) is 11.2 Å². The van der Waals surface area contributed by atoms with Crippen LogP contribution in [0.1, 0.15) is 19.8 Å². The van der Waals surface area contributed by atoms with E-state index in [0.29, 0.717) is 28.5 Å². The van der Waals surface area contributed by atoms with E-state index in [1.807, 2.05) is 0 Å². The van der Waals surface area contributed by atoms with Gasteiger partial charge < -0.3 is 16.0 Å². The molecule has 0 spiro atoms. The standard InChI is InChI=1S/C18H19ClFN7/c1-18(21)4-6-27(7-5-18)17-22-9-14-15(26-17)16(24-10-23-14)25-11-2-3-13(20)12(19)8-11/h2-3,8-10H,4-7,21H2,1H3,(H,23,24,25). The molecule has 2 aromatic heterocycles. The van der Waals surface area contributed by atoms with Crippen molar-refractivity contribution in [3.63, 3.8) is 0 Å². The van der Waals surface area contributed by atoms with Crippen LogP contribution < -0.4 is 16.0 Å². The zero-order chi connectivity index (χ0) is 19.0. The Hall–Kier alpha value is -2.58. The van der Waals surface area contributed by atoms with Crippen molar-refractivity contribution < 1.29 is 4.39 Å². The highest BCUT2D eigenvalue weighted by molar-refractivity contribution is 6.31. The van der Waals surface area contributed by atoms with Crippen LogP contribution in [0.25, 0.3) is 11.0 Å². The first-order chi connectivity index (χ1) is 12.9. The maximum atomic E-state index is 13.4. The highest BCUT2D eigenvalue weighted by atomic mass is 35.5. The van der Waals surface area contributed by atoms with Crippen molar-refractivity contribution in [2.75, 3.05) is 23.3 Å². The Morgan fingerprint density at radius 1 is 1.22 bits per heavy atom. The van der Waals surface area contributed by atoms with Gasteiger partial charge in [-0.05, 0) is 38.0 Å². The molecule has 0 saturated carbocycles. The minimum absolute atomic E-state index is 0.0341. The summed E-state index contributed by atoms with van der Waals surface area (Å²) < 4.78 is 13.4. The Balaban J connectivity index is 1.66. The van der Waals surface area contributed by atoms with Crippen LogP contribution >= 0.6 is 11.6 Å². The molecule has 0 aliphatic carbocycles. The van der Waals surface area contributed by atoms with Crippen molar-refractivity contribution in [3.8, 4) is 0 Å². The van der Waals surface area contributed by atoms with E-state index in [1.165, 1.54) is 18.5 Å². The molecular formula is C18H19ClFN7. The molecule has 4 rings (SSSR count). The van der Waals surface area contributed by atoms with Crippen LogP contribution in [0.5, 0.6) is 0 Å². The van der Waals surface area contributed by atoms with Crippen molar-refractivity contribution >= 4 is 40.1 Å². The minimum Gasteiger partial charge on any atom is -0.341 e. The Kier molecular flexibility index (Phi) is 4.53. The summed E-state index contributed by atoms with van der Waals surface area (Å²) in [6.07, 6.45) is 4.86. The predicted octanol–water partition coefficient (Wildman–Crippen LogP) is 3.27. The van der Waals surface area contributed by atoms with Gasteiger partial charge in [0.25, 0.3) is 0 Å². The first-order valence-electron chi connectivity index (χ1n) is 8.65. The van der Waals surface area contributed by atoms with Crippen LogP contribution in [0.2, 0.25) is 5.02 Å². The molecule has 0 atom stereocenters. The monoisotopic (exact) mass is 387 g/mol. The molecule has 1 fully saturated rings. The summed E-state index contributed by atoms with van der Waals surface area (Å²) in [6, 6.07) is 4.38. The summed E-state index contributed by atoms with van der Waals surface area (Å²) in [4.78, 5) is 19.7. The van der Waals surface area contributed by atoms with Crippen molar-refractivity contribution in [3.05, 3.63) is 41.6 Å². The Labute approximate surface area is 160 Å². The van der Waals surface area contributed by atoms with E-state index >= 15 is 0 Å². The molecule has 1 aliphatic rings. The van der Waals surface area contributed by atoms with Gasteiger partial charge in [-0.3, -0.25) is 0 Å². The van der Waals surface area contributed by atoms with Crippen molar-refractivity contribution in [1.29, 1.82) is 0 Å². The molecule has 1 aromatic carbocycles. The van der Waals surface area contributed by atoms with Crippen LogP contribution in [0.3, 0.4) is 0 Å². The fourth-order valence-corrected chi connectivity index (χ4v) is 3.20. The van der Waals surface area contributed by atoms with Gasteiger partial charge in [0.1, 0.15) is 23.2 Å². The number of fused-ring (bicyclic) bond motifs is 1. The molecule has 9 heteroatoms. The molecule has 3 N–H and O–H groups in total. The minimum atomic E-state index is -0.476. The third kappa shape index (κ3) is 3.77. The number of anilines is 3. The van der Waals surface area contributed by atoms with Gasteiger partial charge in [-0.1, -0.05) is 11.6 Å². The number of halogens is 2. The fourth-order valence-electron chi connectivity index (χ4n) is 3.02. The molecule has 0 unspecified atom stereocenters. The Bertz CT molecular complexity index is 985. The molecular weight excluding hydrogens is 369 g/mol. The number of nitrogens with two attached hydrogens (primary N) is 1. The third-order valence-electron chi connectivity index (χ3n) is 4.74. The second-order valence-electron chi connectivity index (χ2n) is 7.02. The maximum absolute atomic E-state index is 13.4. The number of piperidine rings is 1. The highest BCUT2D eigenvalue weighted by Crippen LogP contribution is 2.27. The second kappa shape index (κ2) is 6.86. The molecule has 27 heavy (non-hydrogen) atoms. The van der Waals surface area contributed by atoms with Gasteiger partial charge in [-0.15, -0.1) is 0 Å². The number of benzene rings is 1. The summed E-state index contributed by atoms with van der Waals surface area (Å²) in [5, 5.41) is 3.16. The topological polar surface area (TPSA) is 92.9 Å². The molecule has 0 bridgehead atoms. The smallest absolute Gasteiger partial charge is 0.226 e. The lowest BCUT2D eigenvalue weighted by Crippen LogP contribution is -2.48. The quantitative estimate of drug-likeness (QED) is 0.712. The molecule has 0 radical (unpaired) electrons. The van der Waals surface area contributed by atoms with Gasteiger partial charge in [0.2, 0.25) is 5.95 Å². The molecule has 1 saturated heterocycles. The zero-order valence-electron chi connectivity index (χ0n) is 14.8. The summed E-state index contributed by atoms with van der Waals surface area (Å²) >= 11 is 5.86. The Morgan fingerprint density at radius 2 is 2.00 bits per heavy atom. The van der Waals surface area contributed by atoms with Gasteiger partial charge in [-0.2, -0.15) is 0 Å². The summed E-state index contributed by atoms with van der Waals surface area (Å²) in [7, 11) is 0. The molecule has 7 nitrogen and oxygen atoms in total. The SMILES string of the molecule is CC1(N)CCN(c2ncc3ncnc(Nc4ccc(F)c(Cl)c4)c3n2)CC1. The van der Waals surface area contributed by atoms with Crippen LogP contribution in [0.4, 0.5) is 21.8 Å². The Morgan fingerprint density at radius 3 is 2.74 bits per heavy atom. The lowest BCUT2D eigenvalue weighted by molar-refractivity contribution is 0.362. The fraction of sp³-hybridized carbons (Fsp3) is 0.333. The second-order valence-corrected chi connectivity index (χ2v) is 7.43. The third-order valence-corrected chi connectivity index (χ3v) is 5.03. The summed E-state index contributed by atoms with van der Waals surface area (Å²) in [5.74, 6) is 0.649. The average molecular weight is 388 g/mol. The van der Waals surface area contributed by atoms with Crippen LogP contribution in [-0.2, 0) is 0 Å². The first-order valence-corrected chi connectivity index (χ1v) is 9.03. The van der Waals surface area contributed by atoms with Crippen molar-refractivity contribution in [2.45, 2.75) is 25.3 Å². The number of aromatic nitrogens is 4. The number of hydrogen-bond acceptors (Lipinski definition) is 7. The molecule has 0 amide bonds. The van der Waals surface area contributed by atoms with E-state index in [-0.39, 0.29) is 10.6 Å². The van der Waals surface area contributed by atoms with E-state index in [1.54, 1.807) is 12.3 Å².